The first-order valence-electron chi connectivity index (χ1n) is 4.33. The minimum absolute atomic E-state index is 0.732. The van der Waals surface area contributed by atoms with Crippen LogP contribution in [-0.4, -0.2) is 13.2 Å². The van der Waals surface area contributed by atoms with Crippen LogP contribution in [0.3, 0.4) is 0 Å². The predicted molar refractivity (Wildman–Crippen MR) is 48.0 cm³/mol. The largest absolute Gasteiger partial charge is 0.494 e. The van der Waals surface area contributed by atoms with Crippen LogP contribution in [0, 0.1) is 0 Å². The quantitative estimate of drug-likeness (QED) is 0.651. The SMILES string of the molecule is CCOc1ccc2c(c1)CC[N]2. The van der Waals surface area contributed by atoms with Crippen molar-refractivity contribution in [3.8, 4) is 5.75 Å². The van der Waals surface area contributed by atoms with Gasteiger partial charge in [0.05, 0.1) is 12.3 Å². The Morgan fingerprint density at radius 3 is 3.25 bits per heavy atom. The number of nitrogens with zero attached hydrogens (tertiary/aromatic N) is 1. The summed E-state index contributed by atoms with van der Waals surface area (Å²) in [5.41, 5.74) is 2.46. The molecule has 0 N–H and O–H groups in total. The number of hydrogen-bond acceptors (Lipinski definition) is 1. The van der Waals surface area contributed by atoms with E-state index in [2.05, 4.69) is 11.4 Å². The zero-order valence-corrected chi connectivity index (χ0v) is 7.21. The van der Waals surface area contributed by atoms with Gasteiger partial charge in [-0.15, -0.1) is 0 Å². The van der Waals surface area contributed by atoms with E-state index in [1.165, 1.54) is 5.56 Å². The first-order chi connectivity index (χ1) is 5.90. The van der Waals surface area contributed by atoms with Crippen molar-refractivity contribution in [3.63, 3.8) is 0 Å². The van der Waals surface area contributed by atoms with Crippen molar-refractivity contribution in [2.45, 2.75) is 13.3 Å². The van der Waals surface area contributed by atoms with E-state index in [4.69, 9.17) is 4.74 Å². The molecule has 1 aromatic rings. The van der Waals surface area contributed by atoms with E-state index in [9.17, 15) is 0 Å². The van der Waals surface area contributed by atoms with Gasteiger partial charge in [-0.25, -0.2) is 0 Å². The lowest BCUT2D eigenvalue weighted by atomic mass is 10.1. The Hall–Kier alpha value is -1.18. The summed E-state index contributed by atoms with van der Waals surface area (Å²) < 4.78 is 5.39. The highest BCUT2D eigenvalue weighted by molar-refractivity contribution is 5.51. The molecule has 0 amide bonds. The van der Waals surface area contributed by atoms with Crippen molar-refractivity contribution in [1.82, 2.24) is 5.32 Å². The number of rotatable bonds is 2. The second kappa shape index (κ2) is 3.05. The van der Waals surface area contributed by atoms with Crippen LogP contribution in [-0.2, 0) is 6.42 Å². The fourth-order valence-electron chi connectivity index (χ4n) is 1.47. The molecule has 0 saturated heterocycles. The molecule has 0 unspecified atom stereocenters. The summed E-state index contributed by atoms with van der Waals surface area (Å²) >= 11 is 0. The maximum atomic E-state index is 5.39. The Labute approximate surface area is 72.5 Å². The molecule has 1 radical (unpaired) electrons. The van der Waals surface area contributed by atoms with Gasteiger partial charge in [0, 0.05) is 6.54 Å². The van der Waals surface area contributed by atoms with Crippen LogP contribution in [0.2, 0.25) is 0 Å². The molecule has 0 aliphatic carbocycles. The third kappa shape index (κ3) is 1.24. The monoisotopic (exact) mass is 162 g/mol. The lowest BCUT2D eigenvalue weighted by Gasteiger charge is -2.04. The van der Waals surface area contributed by atoms with Gasteiger partial charge in [-0.3, -0.25) is 5.32 Å². The van der Waals surface area contributed by atoms with Crippen molar-refractivity contribution in [1.29, 1.82) is 0 Å². The fourth-order valence-corrected chi connectivity index (χ4v) is 1.47. The van der Waals surface area contributed by atoms with Crippen molar-refractivity contribution in [3.05, 3.63) is 23.8 Å². The van der Waals surface area contributed by atoms with Gasteiger partial charge < -0.3 is 4.74 Å². The molecule has 2 nitrogen and oxygen atoms in total. The Balaban J connectivity index is 2.26. The lowest BCUT2D eigenvalue weighted by molar-refractivity contribution is 0.340. The highest BCUT2D eigenvalue weighted by Gasteiger charge is 2.11. The number of ether oxygens (including phenoxy) is 1. The zero-order valence-electron chi connectivity index (χ0n) is 7.21. The summed E-state index contributed by atoms with van der Waals surface area (Å²) in [6.07, 6.45) is 1.07. The molecule has 0 saturated carbocycles. The third-order valence-electron chi connectivity index (χ3n) is 2.03. The van der Waals surface area contributed by atoms with Gasteiger partial charge in [0.1, 0.15) is 5.75 Å². The minimum Gasteiger partial charge on any atom is -0.494 e. The molecular formula is C10H12NO. The van der Waals surface area contributed by atoms with Gasteiger partial charge in [-0.1, -0.05) is 0 Å². The van der Waals surface area contributed by atoms with Crippen LogP contribution in [0.1, 0.15) is 12.5 Å². The first-order valence-corrected chi connectivity index (χ1v) is 4.33. The molecule has 2 rings (SSSR count). The summed E-state index contributed by atoms with van der Waals surface area (Å²) in [5, 5.41) is 4.34. The van der Waals surface area contributed by atoms with E-state index in [0.29, 0.717) is 0 Å². The number of benzene rings is 1. The van der Waals surface area contributed by atoms with Gasteiger partial charge in [0.2, 0.25) is 0 Å². The minimum atomic E-state index is 0.732. The normalized spacial score (nSPS) is 13.8. The second-order valence-electron chi connectivity index (χ2n) is 2.86. The number of hydrogen-bond donors (Lipinski definition) is 0. The van der Waals surface area contributed by atoms with E-state index in [-0.39, 0.29) is 0 Å². The van der Waals surface area contributed by atoms with Gasteiger partial charge in [-0.05, 0) is 37.1 Å². The summed E-state index contributed by atoms with van der Waals surface area (Å²) in [6, 6.07) is 6.11. The van der Waals surface area contributed by atoms with Gasteiger partial charge in [0.15, 0.2) is 0 Å². The smallest absolute Gasteiger partial charge is 0.119 e. The predicted octanol–water partition coefficient (Wildman–Crippen LogP) is 1.88. The van der Waals surface area contributed by atoms with E-state index < -0.39 is 0 Å². The molecule has 0 bridgehead atoms. The Kier molecular flexibility index (Phi) is 1.90. The molecule has 1 heterocycles. The van der Waals surface area contributed by atoms with Crippen LogP contribution in [0.15, 0.2) is 18.2 Å². The molecule has 1 aliphatic heterocycles. The summed E-state index contributed by atoms with van der Waals surface area (Å²) in [5.74, 6) is 0.966. The number of fused-ring (bicyclic) bond motifs is 1. The van der Waals surface area contributed by atoms with Crippen molar-refractivity contribution >= 4 is 5.69 Å². The van der Waals surface area contributed by atoms with Crippen molar-refractivity contribution in [2.75, 3.05) is 13.2 Å². The lowest BCUT2D eigenvalue weighted by Crippen LogP contribution is -1.91. The summed E-state index contributed by atoms with van der Waals surface area (Å²) in [7, 11) is 0. The summed E-state index contributed by atoms with van der Waals surface area (Å²) in [4.78, 5) is 0. The highest BCUT2D eigenvalue weighted by Crippen LogP contribution is 2.26. The van der Waals surface area contributed by atoms with Crippen LogP contribution in [0.25, 0.3) is 0 Å². The molecule has 0 atom stereocenters. The molecule has 1 aliphatic rings. The molecular weight excluding hydrogens is 150 g/mol. The van der Waals surface area contributed by atoms with Crippen LogP contribution >= 0.6 is 0 Å². The summed E-state index contributed by atoms with van der Waals surface area (Å²) in [6.45, 7) is 3.67. The topological polar surface area (TPSA) is 23.3 Å². The molecule has 0 fully saturated rings. The maximum absolute atomic E-state index is 5.39. The van der Waals surface area contributed by atoms with E-state index in [1.54, 1.807) is 0 Å². The van der Waals surface area contributed by atoms with Gasteiger partial charge in [-0.2, -0.15) is 0 Å². The molecule has 0 aromatic heterocycles. The second-order valence-corrected chi connectivity index (χ2v) is 2.86. The fraction of sp³-hybridized carbons (Fsp3) is 0.400. The molecule has 2 heteroatoms. The van der Waals surface area contributed by atoms with E-state index in [1.807, 2.05) is 19.1 Å². The molecule has 0 spiro atoms. The molecule has 12 heavy (non-hydrogen) atoms. The molecule has 1 aromatic carbocycles. The molecule has 63 valence electrons. The van der Waals surface area contributed by atoms with E-state index in [0.717, 1.165) is 31.0 Å². The Morgan fingerprint density at radius 1 is 1.50 bits per heavy atom. The Morgan fingerprint density at radius 2 is 2.42 bits per heavy atom. The van der Waals surface area contributed by atoms with Gasteiger partial charge in [0.25, 0.3) is 0 Å². The highest BCUT2D eigenvalue weighted by atomic mass is 16.5. The zero-order chi connectivity index (χ0) is 8.39. The van der Waals surface area contributed by atoms with Gasteiger partial charge >= 0.3 is 0 Å². The van der Waals surface area contributed by atoms with Crippen molar-refractivity contribution in [2.24, 2.45) is 0 Å². The average molecular weight is 162 g/mol. The maximum Gasteiger partial charge on any atom is 0.119 e. The van der Waals surface area contributed by atoms with E-state index >= 15 is 0 Å². The third-order valence-corrected chi connectivity index (χ3v) is 2.03. The average Bonchev–Trinajstić information content (AvgIpc) is 2.51. The first kappa shape index (κ1) is 7.47. The van der Waals surface area contributed by atoms with Crippen molar-refractivity contribution < 1.29 is 4.74 Å². The van der Waals surface area contributed by atoms with Crippen LogP contribution in [0.4, 0.5) is 5.69 Å². The van der Waals surface area contributed by atoms with Crippen LogP contribution in [0.5, 0.6) is 5.75 Å². The standard InChI is InChI=1S/C10H12NO/c1-2-12-9-3-4-10-8(7-9)5-6-11-10/h3-4,7H,2,5-6H2,1H3. The van der Waals surface area contributed by atoms with Crippen LogP contribution < -0.4 is 10.1 Å². The Bertz CT molecular complexity index is 283.